The van der Waals surface area contributed by atoms with Gasteiger partial charge >= 0.3 is 5.97 Å². The number of nitrogens with one attached hydrogen (secondary N) is 1. The van der Waals surface area contributed by atoms with Gasteiger partial charge in [-0.3, -0.25) is 19.5 Å². The predicted molar refractivity (Wildman–Crippen MR) is 168 cm³/mol. The lowest BCUT2D eigenvalue weighted by Crippen LogP contribution is -2.37. The van der Waals surface area contributed by atoms with Crippen molar-refractivity contribution in [3.05, 3.63) is 102 Å². The van der Waals surface area contributed by atoms with Crippen molar-refractivity contribution in [2.45, 2.75) is 31.3 Å². The SMILES string of the molecule is CC(C)OC(=O)CN(c1ccc2c(c1)cc(Cc1ccc(C(=N)N)cc1)n2C)S(=O)(=O)c1cccc2cccnc12.Cl. The van der Waals surface area contributed by atoms with Crippen LogP contribution in [0.4, 0.5) is 5.69 Å². The molecule has 2 heterocycles. The molecule has 0 amide bonds. The lowest BCUT2D eigenvalue weighted by atomic mass is 10.1. The summed E-state index contributed by atoms with van der Waals surface area (Å²) < 4.78 is 36.8. The van der Waals surface area contributed by atoms with Crippen molar-refractivity contribution in [2.24, 2.45) is 12.8 Å². The van der Waals surface area contributed by atoms with Gasteiger partial charge in [0.25, 0.3) is 10.0 Å². The number of nitrogen functional groups attached to an aromatic ring is 1. The molecule has 0 fully saturated rings. The molecule has 2 aromatic heterocycles. The first-order valence-corrected chi connectivity index (χ1v) is 14.6. The first-order valence-electron chi connectivity index (χ1n) is 13.1. The Morgan fingerprint density at radius 3 is 2.43 bits per heavy atom. The molecule has 5 aromatic rings. The third kappa shape index (κ3) is 6.09. The van der Waals surface area contributed by atoms with E-state index in [-0.39, 0.29) is 23.1 Å². The number of esters is 1. The van der Waals surface area contributed by atoms with E-state index in [9.17, 15) is 13.2 Å². The number of ether oxygens (including phenoxy) is 1. The molecule has 0 spiro atoms. The number of hydrogen-bond donors (Lipinski definition) is 2. The van der Waals surface area contributed by atoms with Crippen molar-refractivity contribution < 1.29 is 17.9 Å². The number of rotatable bonds is 9. The average Bonchev–Trinajstić information content (AvgIpc) is 3.25. The molecule has 0 radical (unpaired) electrons. The lowest BCUT2D eigenvalue weighted by Gasteiger charge is -2.25. The van der Waals surface area contributed by atoms with Crippen molar-refractivity contribution in [3.63, 3.8) is 0 Å². The standard InChI is InChI=1S/C31H31N5O4S.ClH/c1-20(2)40-29(37)19-36(41(38,39)28-8-4-6-22-7-5-15-34-30(22)28)25-13-14-27-24(17-25)18-26(35(27)3)16-21-9-11-23(12-10-21)31(32)33;/h4-15,17-18,20H,16,19H2,1-3H3,(H3,32,33);1H. The molecule has 42 heavy (non-hydrogen) atoms. The minimum Gasteiger partial charge on any atom is -0.462 e. The number of nitrogens with two attached hydrogens (primary N) is 1. The van der Waals surface area contributed by atoms with Crippen LogP contribution in [-0.2, 0) is 33.0 Å². The number of anilines is 1. The van der Waals surface area contributed by atoms with E-state index in [1.165, 1.54) is 6.07 Å². The van der Waals surface area contributed by atoms with Crippen LogP contribution in [0.2, 0.25) is 0 Å². The molecule has 0 aliphatic rings. The Hall–Kier alpha value is -4.41. The minimum atomic E-state index is -4.21. The van der Waals surface area contributed by atoms with Crippen LogP contribution in [0.3, 0.4) is 0 Å². The zero-order valence-electron chi connectivity index (χ0n) is 23.4. The molecule has 11 heteroatoms. The van der Waals surface area contributed by atoms with Crippen LogP contribution in [0.25, 0.3) is 21.8 Å². The zero-order valence-corrected chi connectivity index (χ0v) is 25.1. The Balaban J connectivity index is 0.00000405. The number of halogens is 1. The number of sulfonamides is 1. The predicted octanol–water partition coefficient (Wildman–Crippen LogP) is 5.17. The summed E-state index contributed by atoms with van der Waals surface area (Å²) in [6.45, 7) is 2.95. The quantitative estimate of drug-likeness (QED) is 0.135. The molecule has 0 atom stereocenters. The highest BCUT2D eigenvalue weighted by Gasteiger charge is 2.30. The number of nitrogens with zero attached hydrogens (tertiary/aromatic N) is 3. The van der Waals surface area contributed by atoms with Gasteiger partial charge in [-0.15, -0.1) is 12.4 Å². The van der Waals surface area contributed by atoms with Crippen LogP contribution < -0.4 is 10.0 Å². The molecule has 218 valence electrons. The van der Waals surface area contributed by atoms with Crippen molar-refractivity contribution in [1.82, 2.24) is 9.55 Å². The second kappa shape index (κ2) is 12.2. The Labute approximate surface area is 250 Å². The fraction of sp³-hybridized carbons (Fsp3) is 0.194. The number of para-hydroxylation sites is 1. The number of fused-ring (bicyclic) bond motifs is 2. The molecule has 0 saturated heterocycles. The van der Waals surface area contributed by atoms with Gasteiger partial charge < -0.3 is 15.0 Å². The van der Waals surface area contributed by atoms with Gasteiger partial charge in [0, 0.05) is 47.2 Å². The topological polar surface area (TPSA) is 131 Å². The summed E-state index contributed by atoms with van der Waals surface area (Å²) in [6, 6.07) is 23.3. The van der Waals surface area contributed by atoms with Gasteiger partial charge in [-0.2, -0.15) is 0 Å². The highest BCUT2D eigenvalue weighted by atomic mass is 35.5. The number of aromatic nitrogens is 2. The fourth-order valence-electron chi connectivity index (χ4n) is 4.87. The first-order chi connectivity index (χ1) is 19.5. The second-order valence-corrected chi connectivity index (χ2v) is 11.9. The number of amidine groups is 1. The number of aryl methyl sites for hydroxylation is 1. The Kier molecular flexibility index (Phi) is 8.89. The monoisotopic (exact) mass is 605 g/mol. The van der Waals surface area contributed by atoms with E-state index in [2.05, 4.69) is 9.55 Å². The molecule has 9 nitrogen and oxygen atoms in total. The van der Waals surface area contributed by atoms with E-state index >= 15 is 0 Å². The second-order valence-electron chi connectivity index (χ2n) is 10.1. The Morgan fingerprint density at radius 2 is 1.74 bits per heavy atom. The summed E-state index contributed by atoms with van der Waals surface area (Å²) in [5.74, 6) is -0.635. The maximum Gasteiger partial charge on any atom is 0.327 e. The first kappa shape index (κ1) is 30.5. The Morgan fingerprint density at radius 1 is 1.02 bits per heavy atom. The van der Waals surface area contributed by atoms with E-state index in [1.54, 1.807) is 56.4 Å². The third-order valence-corrected chi connectivity index (χ3v) is 8.67. The summed E-state index contributed by atoms with van der Waals surface area (Å²) >= 11 is 0. The summed E-state index contributed by atoms with van der Waals surface area (Å²) in [6.07, 6.45) is 1.78. The molecule has 3 N–H and O–H groups in total. The summed E-state index contributed by atoms with van der Waals surface area (Å²) in [5.41, 5.74) is 9.89. The number of benzene rings is 3. The van der Waals surface area contributed by atoms with Gasteiger partial charge in [-0.1, -0.05) is 42.5 Å². The number of hydrogen-bond acceptors (Lipinski definition) is 6. The van der Waals surface area contributed by atoms with E-state index in [4.69, 9.17) is 15.9 Å². The maximum absolute atomic E-state index is 14.1. The van der Waals surface area contributed by atoms with Crippen molar-refractivity contribution in [1.29, 1.82) is 5.41 Å². The normalized spacial score (nSPS) is 11.4. The molecule has 0 saturated carbocycles. The van der Waals surface area contributed by atoms with Crippen molar-refractivity contribution >= 4 is 61.7 Å². The van der Waals surface area contributed by atoms with E-state index in [1.807, 2.05) is 43.4 Å². The highest BCUT2D eigenvalue weighted by molar-refractivity contribution is 7.93. The summed E-state index contributed by atoms with van der Waals surface area (Å²) in [5, 5.41) is 9.10. The highest BCUT2D eigenvalue weighted by Crippen LogP contribution is 2.31. The van der Waals surface area contributed by atoms with Gasteiger partial charge in [-0.05, 0) is 55.8 Å². The lowest BCUT2D eigenvalue weighted by molar-refractivity contribution is -0.145. The number of carbonyl (C=O) groups is 1. The maximum atomic E-state index is 14.1. The van der Waals surface area contributed by atoms with Crippen LogP contribution in [0, 0.1) is 5.41 Å². The summed E-state index contributed by atoms with van der Waals surface area (Å²) in [7, 11) is -2.25. The number of pyridine rings is 1. The van der Waals surface area contributed by atoms with Gasteiger partial charge in [0.1, 0.15) is 17.3 Å². The van der Waals surface area contributed by atoms with E-state index < -0.39 is 28.6 Å². The van der Waals surface area contributed by atoms with Gasteiger partial charge in [0.05, 0.1) is 17.3 Å². The molecular weight excluding hydrogens is 574 g/mol. The Bertz CT molecular complexity index is 1880. The third-order valence-electron chi connectivity index (χ3n) is 6.87. The molecule has 5 rings (SSSR count). The van der Waals surface area contributed by atoms with Gasteiger partial charge in [0.2, 0.25) is 0 Å². The molecule has 0 bridgehead atoms. The molecule has 0 aliphatic carbocycles. The van der Waals surface area contributed by atoms with Crippen molar-refractivity contribution in [3.8, 4) is 0 Å². The minimum absolute atomic E-state index is 0. The van der Waals surface area contributed by atoms with Crippen LogP contribution in [0.15, 0.2) is 90.0 Å². The fourth-order valence-corrected chi connectivity index (χ4v) is 6.43. The van der Waals surface area contributed by atoms with E-state index in [0.717, 1.165) is 26.5 Å². The largest absolute Gasteiger partial charge is 0.462 e. The molecular formula is C31H32ClN5O4S. The van der Waals surface area contributed by atoms with Crippen LogP contribution >= 0.6 is 12.4 Å². The molecule has 0 aliphatic heterocycles. The zero-order chi connectivity index (χ0) is 29.3. The average molecular weight is 606 g/mol. The van der Waals surface area contributed by atoms with Crippen molar-refractivity contribution in [2.75, 3.05) is 10.8 Å². The smallest absolute Gasteiger partial charge is 0.327 e. The summed E-state index contributed by atoms with van der Waals surface area (Å²) in [4.78, 5) is 17.1. The van der Waals surface area contributed by atoms with Gasteiger partial charge in [-0.25, -0.2) is 8.42 Å². The number of carbonyl (C=O) groups excluding carboxylic acids is 1. The van der Waals surface area contributed by atoms with Crippen LogP contribution in [0.5, 0.6) is 0 Å². The van der Waals surface area contributed by atoms with Crippen LogP contribution in [-0.4, -0.2) is 42.4 Å². The molecule has 3 aromatic carbocycles. The van der Waals surface area contributed by atoms with E-state index in [0.29, 0.717) is 28.6 Å². The van der Waals surface area contributed by atoms with Crippen LogP contribution in [0.1, 0.15) is 30.7 Å². The van der Waals surface area contributed by atoms with Gasteiger partial charge in [0.15, 0.2) is 0 Å². The molecule has 0 unspecified atom stereocenters.